The summed E-state index contributed by atoms with van der Waals surface area (Å²) in [5.41, 5.74) is 0. The summed E-state index contributed by atoms with van der Waals surface area (Å²) in [5, 5.41) is 0. The van der Waals surface area contributed by atoms with Gasteiger partial charge in [-0.1, -0.05) is 44.9 Å². The Morgan fingerprint density at radius 1 is 0.556 bits per heavy atom. The van der Waals surface area contributed by atoms with Crippen LogP contribution in [0, 0.1) is 0 Å². The lowest BCUT2D eigenvalue weighted by molar-refractivity contribution is 0.559. The van der Waals surface area contributed by atoms with Crippen molar-refractivity contribution < 1.29 is 0 Å². The van der Waals surface area contributed by atoms with E-state index < -0.39 is 0 Å². The van der Waals surface area contributed by atoms with Crippen LogP contribution in [0.3, 0.4) is 0 Å². The molecule has 18 heavy (non-hydrogen) atoms. The normalized spacial score (nSPS) is 19.4. The minimum absolute atomic E-state index is 1.25. The van der Waals surface area contributed by atoms with Crippen LogP contribution in [0.25, 0.3) is 0 Å². The number of hydrogen-bond donors (Lipinski definition) is 0. The summed E-state index contributed by atoms with van der Waals surface area (Å²) in [6.07, 6.45) is 15.2. The van der Waals surface area contributed by atoms with Crippen molar-refractivity contribution in [3.8, 4) is 0 Å². The largest absolute Gasteiger partial charge is 0.143 e. The number of hydrogen-bond acceptors (Lipinski definition) is 1. The molecular formula is C15H22Br2S. The second-order valence-corrected chi connectivity index (χ2v) is 8.03. The van der Waals surface area contributed by atoms with Gasteiger partial charge in [0.25, 0.3) is 0 Å². The zero-order valence-electron chi connectivity index (χ0n) is 10.9. The molecule has 0 aromatic carbocycles. The minimum atomic E-state index is 1.25. The predicted molar refractivity (Wildman–Crippen MR) is 88.7 cm³/mol. The highest BCUT2D eigenvalue weighted by Gasteiger charge is 2.13. The fourth-order valence-corrected chi connectivity index (χ4v) is 5.41. The summed E-state index contributed by atoms with van der Waals surface area (Å²) in [6.45, 7) is 0. The van der Waals surface area contributed by atoms with E-state index >= 15 is 0 Å². The lowest BCUT2D eigenvalue weighted by Crippen LogP contribution is -1.86. The summed E-state index contributed by atoms with van der Waals surface area (Å²) in [5.74, 6) is 0. The van der Waals surface area contributed by atoms with Crippen molar-refractivity contribution in [3.63, 3.8) is 0 Å². The molecule has 2 rings (SSSR count). The first-order valence-electron chi connectivity index (χ1n) is 7.24. The van der Waals surface area contributed by atoms with Crippen molar-refractivity contribution in [1.29, 1.82) is 0 Å². The van der Waals surface area contributed by atoms with Crippen LogP contribution in [0.1, 0.15) is 67.5 Å². The van der Waals surface area contributed by atoms with Gasteiger partial charge < -0.3 is 0 Å². The second-order valence-electron chi connectivity index (χ2n) is 5.26. The predicted octanol–water partition coefficient (Wildman–Crippen LogP) is 6.88. The summed E-state index contributed by atoms with van der Waals surface area (Å²) in [4.78, 5) is 3.10. The summed E-state index contributed by atoms with van der Waals surface area (Å²) in [6, 6.07) is 0. The quantitative estimate of drug-likeness (QED) is 0.450. The number of thiophene rings is 1. The molecule has 0 saturated carbocycles. The fourth-order valence-electron chi connectivity index (χ4n) is 2.61. The maximum atomic E-state index is 3.76. The molecule has 102 valence electrons. The summed E-state index contributed by atoms with van der Waals surface area (Å²) >= 11 is 9.53. The van der Waals surface area contributed by atoms with Crippen molar-refractivity contribution in [2.75, 3.05) is 0 Å². The third kappa shape index (κ3) is 4.35. The van der Waals surface area contributed by atoms with Gasteiger partial charge in [0.1, 0.15) is 0 Å². The number of rotatable bonds is 0. The zero-order chi connectivity index (χ0) is 12.8. The molecule has 2 heterocycles. The molecule has 1 aromatic heterocycles. The minimum Gasteiger partial charge on any atom is -0.143 e. The molecule has 1 aliphatic rings. The van der Waals surface area contributed by atoms with Crippen LogP contribution in [0.15, 0.2) is 8.95 Å². The monoisotopic (exact) mass is 392 g/mol. The molecule has 0 radical (unpaired) electrons. The van der Waals surface area contributed by atoms with Gasteiger partial charge in [-0.25, -0.2) is 0 Å². The highest BCUT2D eigenvalue weighted by atomic mass is 79.9. The Labute approximate surface area is 132 Å². The van der Waals surface area contributed by atoms with Crippen molar-refractivity contribution in [1.82, 2.24) is 0 Å². The number of halogens is 2. The van der Waals surface area contributed by atoms with Gasteiger partial charge in [-0.3, -0.25) is 0 Å². The van der Waals surface area contributed by atoms with Crippen LogP contribution < -0.4 is 0 Å². The maximum absolute atomic E-state index is 3.76. The van der Waals surface area contributed by atoms with Gasteiger partial charge in [-0.15, -0.1) is 11.3 Å². The Hall–Kier alpha value is 0.660. The van der Waals surface area contributed by atoms with Gasteiger partial charge >= 0.3 is 0 Å². The molecule has 2 bridgehead atoms. The highest BCUT2D eigenvalue weighted by molar-refractivity contribution is 9.13. The Bertz CT molecular complexity index is 338. The zero-order valence-corrected chi connectivity index (χ0v) is 14.9. The Morgan fingerprint density at radius 2 is 0.889 bits per heavy atom. The SMILES string of the molecule is Brc1c2sc(c1Br)CCCCCCCCCCC2. The van der Waals surface area contributed by atoms with E-state index in [4.69, 9.17) is 0 Å². The number of aryl methyl sites for hydroxylation is 2. The van der Waals surface area contributed by atoms with Crippen molar-refractivity contribution >= 4 is 43.2 Å². The first kappa shape index (κ1) is 15.1. The van der Waals surface area contributed by atoms with Gasteiger partial charge in [0.15, 0.2) is 0 Å². The van der Waals surface area contributed by atoms with Gasteiger partial charge in [0.2, 0.25) is 0 Å². The first-order chi connectivity index (χ1) is 8.79. The van der Waals surface area contributed by atoms with E-state index in [1.165, 1.54) is 79.6 Å². The maximum Gasteiger partial charge on any atom is 0.0459 e. The highest BCUT2D eigenvalue weighted by Crippen LogP contribution is 2.39. The van der Waals surface area contributed by atoms with Gasteiger partial charge in [0, 0.05) is 18.7 Å². The topological polar surface area (TPSA) is 0 Å². The molecule has 0 nitrogen and oxygen atoms in total. The lowest BCUT2D eigenvalue weighted by atomic mass is 10.1. The summed E-state index contributed by atoms with van der Waals surface area (Å²) < 4.78 is 2.66. The Morgan fingerprint density at radius 3 is 1.28 bits per heavy atom. The molecule has 1 aromatic rings. The molecule has 0 aliphatic carbocycles. The molecule has 3 heteroatoms. The first-order valence-corrected chi connectivity index (χ1v) is 9.65. The van der Waals surface area contributed by atoms with E-state index in [-0.39, 0.29) is 0 Å². The average molecular weight is 394 g/mol. The standard InChI is InChI=1S/C15H22Br2S/c16-14-12-10-8-6-4-2-1-3-5-7-9-11-13(18-12)15(14)17/h1-11H2. The van der Waals surface area contributed by atoms with Crippen LogP contribution in [-0.2, 0) is 12.8 Å². The van der Waals surface area contributed by atoms with Crippen molar-refractivity contribution in [2.45, 2.75) is 70.6 Å². The lowest BCUT2D eigenvalue weighted by Gasteiger charge is -2.03. The van der Waals surface area contributed by atoms with E-state index in [0.717, 1.165) is 0 Å². The molecule has 0 amide bonds. The molecular weight excluding hydrogens is 372 g/mol. The molecule has 1 aliphatic heterocycles. The second kappa shape index (κ2) is 8.06. The van der Waals surface area contributed by atoms with E-state index in [9.17, 15) is 0 Å². The molecule has 0 spiro atoms. The van der Waals surface area contributed by atoms with Crippen LogP contribution in [-0.4, -0.2) is 0 Å². The van der Waals surface area contributed by atoms with Crippen LogP contribution >= 0.6 is 43.2 Å². The van der Waals surface area contributed by atoms with E-state index in [2.05, 4.69) is 31.9 Å². The summed E-state index contributed by atoms with van der Waals surface area (Å²) in [7, 11) is 0. The van der Waals surface area contributed by atoms with Crippen LogP contribution in [0.2, 0.25) is 0 Å². The third-order valence-electron chi connectivity index (χ3n) is 3.74. The van der Waals surface area contributed by atoms with E-state index in [0.29, 0.717) is 0 Å². The van der Waals surface area contributed by atoms with Crippen molar-refractivity contribution in [3.05, 3.63) is 18.7 Å². The van der Waals surface area contributed by atoms with Crippen molar-refractivity contribution in [2.24, 2.45) is 0 Å². The molecule has 0 saturated heterocycles. The van der Waals surface area contributed by atoms with E-state index in [1.807, 2.05) is 11.3 Å². The Kier molecular flexibility index (Phi) is 6.74. The molecule has 0 atom stereocenters. The van der Waals surface area contributed by atoms with Crippen LogP contribution in [0.5, 0.6) is 0 Å². The average Bonchev–Trinajstić information content (AvgIpc) is 2.64. The fraction of sp³-hybridized carbons (Fsp3) is 0.733. The van der Waals surface area contributed by atoms with Gasteiger partial charge in [0.05, 0.1) is 0 Å². The molecule has 0 N–H and O–H groups in total. The van der Waals surface area contributed by atoms with Gasteiger partial charge in [-0.2, -0.15) is 0 Å². The van der Waals surface area contributed by atoms with E-state index in [1.54, 1.807) is 9.75 Å². The molecule has 0 unspecified atom stereocenters. The number of fused-ring (bicyclic) bond motifs is 2. The third-order valence-corrected chi connectivity index (χ3v) is 7.85. The van der Waals surface area contributed by atoms with Gasteiger partial charge in [-0.05, 0) is 57.5 Å². The molecule has 0 fully saturated rings. The Balaban J connectivity index is 2.01. The smallest absolute Gasteiger partial charge is 0.0459 e. The van der Waals surface area contributed by atoms with Crippen LogP contribution in [0.4, 0.5) is 0 Å².